The van der Waals surface area contributed by atoms with Gasteiger partial charge in [0.25, 0.3) is 0 Å². The third kappa shape index (κ3) is 3.91. The Morgan fingerprint density at radius 1 is 1.33 bits per heavy atom. The van der Waals surface area contributed by atoms with Gasteiger partial charge in [-0.2, -0.15) is 0 Å². The maximum atomic E-state index is 5.21. The molecule has 1 saturated heterocycles. The average molecular weight is 248 g/mol. The predicted molar refractivity (Wildman–Crippen MR) is 76.3 cm³/mol. The number of methoxy groups -OCH3 is 1. The van der Waals surface area contributed by atoms with E-state index in [1.54, 1.807) is 7.11 Å². The van der Waals surface area contributed by atoms with Crippen molar-refractivity contribution in [3.05, 3.63) is 24.3 Å². The summed E-state index contributed by atoms with van der Waals surface area (Å²) in [7, 11) is 1.70. The summed E-state index contributed by atoms with van der Waals surface area (Å²) in [6.45, 7) is 6.99. The van der Waals surface area contributed by atoms with Gasteiger partial charge < -0.3 is 15.0 Å². The van der Waals surface area contributed by atoms with Crippen molar-refractivity contribution in [3.8, 4) is 5.75 Å². The molecule has 1 aromatic carbocycles. The molecule has 0 atom stereocenters. The van der Waals surface area contributed by atoms with E-state index in [2.05, 4.69) is 23.2 Å². The van der Waals surface area contributed by atoms with Gasteiger partial charge in [0.15, 0.2) is 0 Å². The molecule has 1 N–H and O–H groups in total. The lowest BCUT2D eigenvalue weighted by molar-refractivity contribution is 0.199. The topological polar surface area (TPSA) is 24.5 Å². The first-order chi connectivity index (χ1) is 8.78. The predicted octanol–water partition coefficient (Wildman–Crippen LogP) is 2.84. The summed E-state index contributed by atoms with van der Waals surface area (Å²) in [6.07, 6.45) is 2.69. The molecule has 0 aliphatic carbocycles. The van der Waals surface area contributed by atoms with Gasteiger partial charge in [0, 0.05) is 24.8 Å². The number of hydrogen-bond donors (Lipinski definition) is 1. The van der Waals surface area contributed by atoms with Crippen molar-refractivity contribution in [3.63, 3.8) is 0 Å². The third-order valence-electron chi connectivity index (χ3n) is 3.70. The first kappa shape index (κ1) is 13.2. The van der Waals surface area contributed by atoms with Gasteiger partial charge in [-0.05, 0) is 44.0 Å². The number of likely N-dealkylation sites (tertiary alicyclic amines) is 1. The van der Waals surface area contributed by atoms with Crippen LogP contribution in [-0.4, -0.2) is 38.2 Å². The normalized spacial score (nSPS) is 17.7. The van der Waals surface area contributed by atoms with Crippen LogP contribution in [0.1, 0.15) is 19.8 Å². The zero-order valence-electron chi connectivity index (χ0n) is 11.5. The standard InChI is InChI=1S/C15H24N2O/c1-13-6-9-17(10-7-13)11-8-16-14-4-3-5-15(12-14)18-2/h3-5,12-13,16H,6-11H2,1-2H3. The number of rotatable bonds is 5. The van der Waals surface area contributed by atoms with Crippen LogP contribution >= 0.6 is 0 Å². The summed E-state index contributed by atoms with van der Waals surface area (Å²) in [5, 5.41) is 3.46. The second kappa shape index (κ2) is 6.64. The minimum absolute atomic E-state index is 0.909. The van der Waals surface area contributed by atoms with Gasteiger partial charge in [0.2, 0.25) is 0 Å². The minimum Gasteiger partial charge on any atom is -0.497 e. The Balaban J connectivity index is 1.71. The van der Waals surface area contributed by atoms with Gasteiger partial charge in [-0.25, -0.2) is 0 Å². The zero-order valence-corrected chi connectivity index (χ0v) is 11.5. The van der Waals surface area contributed by atoms with Crippen LogP contribution in [0.5, 0.6) is 5.75 Å². The van der Waals surface area contributed by atoms with E-state index in [9.17, 15) is 0 Å². The first-order valence-corrected chi connectivity index (χ1v) is 6.88. The van der Waals surface area contributed by atoms with E-state index in [1.165, 1.54) is 25.9 Å². The monoisotopic (exact) mass is 248 g/mol. The van der Waals surface area contributed by atoms with Crippen LogP contribution in [0.2, 0.25) is 0 Å². The smallest absolute Gasteiger partial charge is 0.120 e. The Bertz CT molecular complexity index is 359. The molecule has 18 heavy (non-hydrogen) atoms. The Morgan fingerprint density at radius 2 is 2.11 bits per heavy atom. The van der Waals surface area contributed by atoms with E-state index in [0.29, 0.717) is 0 Å². The lowest BCUT2D eigenvalue weighted by Crippen LogP contribution is -2.36. The molecule has 1 aromatic rings. The summed E-state index contributed by atoms with van der Waals surface area (Å²) in [5.74, 6) is 1.82. The molecule has 2 rings (SSSR count). The summed E-state index contributed by atoms with van der Waals surface area (Å²) in [5.41, 5.74) is 1.14. The Morgan fingerprint density at radius 3 is 2.83 bits per heavy atom. The highest BCUT2D eigenvalue weighted by Crippen LogP contribution is 2.17. The third-order valence-corrected chi connectivity index (χ3v) is 3.70. The van der Waals surface area contributed by atoms with Crippen molar-refractivity contribution in [1.82, 2.24) is 4.90 Å². The quantitative estimate of drug-likeness (QED) is 0.867. The van der Waals surface area contributed by atoms with Crippen LogP contribution in [-0.2, 0) is 0 Å². The molecular formula is C15H24N2O. The van der Waals surface area contributed by atoms with E-state index in [1.807, 2.05) is 18.2 Å². The molecule has 0 aromatic heterocycles. The molecule has 0 saturated carbocycles. The number of hydrogen-bond acceptors (Lipinski definition) is 3. The number of ether oxygens (including phenoxy) is 1. The highest BCUT2D eigenvalue weighted by Gasteiger charge is 2.14. The second-order valence-electron chi connectivity index (χ2n) is 5.18. The van der Waals surface area contributed by atoms with Crippen molar-refractivity contribution < 1.29 is 4.74 Å². The maximum Gasteiger partial charge on any atom is 0.120 e. The fraction of sp³-hybridized carbons (Fsp3) is 0.600. The molecule has 1 fully saturated rings. The molecule has 1 heterocycles. The van der Waals surface area contributed by atoms with Gasteiger partial charge in [0.1, 0.15) is 5.75 Å². The molecular weight excluding hydrogens is 224 g/mol. The average Bonchev–Trinajstić information content (AvgIpc) is 2.41. The van der Waals surface area contributed by atoms with Gasteiger partial charge >= 0.3 is 0 Å². The lowest BCUT2D eigenvalue weighted by atomic mass is 9.99. The summed E-state index contributed by atoms with van der Waals surface area (Å²) in [4.78, 5) is 2.55. The summed E-state index contributed by atoms with van der Waals surface area (Å²) >= 11 is 0. The summed E-state index contributed by atoms with van der Waals surface area (Å²) in [6, 6.07) is 8.11. The van der Waals surface area contributed by atoms with Crippen LogP contribution in [0.4, 0.5) is 5.69 Å². The zero-order chi connectivity index (χ0) is 12.8. The second-order valence-corrected chi connectivity index (χ2v) is 5.18. The first-order valence-electron chi connectivity index (χ1n) is 6.88. The molecule has 0 bridgehead atoms. The molecule has 3 nitrogen and oxygen atoms in total. The van der Waals surface area contributed by atoms with Crippen molar-refractivity contribution >= 4 is 5.69 Å². The minimum atomic E-state index is 0.909. The van der Waals surface area contributed by atoms with E-state index >= 15 is 0 Å². The fourth-order valence-corrected chi connectivity index (χ4v) is 2.38. The number of nitrogens with one attached hydrogen (secondary N) is 1. The Labute approximate surface area is 110 Å². The van der Waals surface area contributed by atoms with Gasteiger partial charge in [-0.1, -0.05) is 13.0 Å². The fourth-order valence-electron chi connectivity index (χ4n) is 2.38. The highest BCUT2D eigenvalue weighted by atomic mass is 16.5. The molecule has 3 heteroatoms. The highest BCUT2D eigenvalue weighted by molar-refractivity contribution is 5.48. The number of anilines is 1. The Kier molecular flexibility index (Phi) is 4.88. The van der Waals surface area contributed by atoms with Gasteiger partial charge in [0.05, 0.1) is 7.11 Å². The molecule has 0 amide bonds. The van der Waals surface area contributed by atoms with Crippen LogP contribution in [0.3, 0.4) is 0 Å². The molecule has 0 radical (unpaired) electrons. The van der Waals surface area contributed by atoms with Crippen molar-refractivity contribution in [2.24, 2.45) is 5.92 Å². The molecule has 0 unspecified atom stereocenters. The van der Waals surface area contributed by atoms with Crippen LogP contribution in [0.15, 0.2) is 24.3 Å². The van der Waals surface area contributed by atoms with Crippen molar-refractivity contribution in [1.29, 1.82) is 0 Å². The van der Waals surface area contributed by atoms with E-state index < -0.39 is 0 Å². The van der Waals surface area contributed by atoms with Crippen LogP contribution in [0, 0.1) is 5.92 Å². The van der Waals surface area contributed by atoms with Crippen molar-refractivity contribution in [2.75, 3.05) is 38.6 Å². The van der Waals surface area contributed by atoms with Crippen LogP contribution in [0.25, 0.3) is 0 Å². The Hall–Kier alpha value is -1.22. The largest absolute Gasteiger partial charge is 0.497 e. The molecule has 0 spiro atoms. The molecule has 100 valence electrons. The number of piperidine rings is 1. The van der Waals surface area contributed by atoms with Crippen molar-refractivity contribution in [2.45, 2.75) is 19.8 Å². The van der Waals surface area contributed by atoms with E-state index in [-0.39, 0.29) is 0 Å². The maximum absolute atomic E-state index is 5.21. The number of benzene rings is 1. The summed E-state index contributed by atoms with van der Waals surface area (Å²) < 4.78 is 5.21. The molecule has 1 aliphatic rings. The van der Waals surface area contributed by atoms with Crippen LogP contribution < -0.4 is 10.1 Å². The van der Waals surface area contributed by atoms with Gasteiger partial charge in [-0.15, -0.1) is 0 Å². The number of nitrogens with zero attached hydrogens (tertiary/aromatic N) is 1. The van der Waals surface area contributed by atoms with E-state index in [4.69, 9.17) is 4.74 Å². The van der Waals surface area contributed by atoms with Gasteiger partial charge in [-0.3, -0.25) is 0 Å². The lowest BCUT2D eigenvalue weighted by Gasteiger charge is -2.30. The van der Waals surface area contributed by atoms with E-state index in [0.717, 1.165) is 30.4 Å². The molecule has 1 aliphatic heterocycles. The SMILES string of the molecule is COc1cccc(NCCN2CCC(C)CC2)c1.